The molecule has 2 N–H and O–H groups in total. The van der Waals surface area contributed by atoms with Crippen LogP contribution in [0.15, 0.2) is 0 Å². The molecular formula is C6H10BrNO3. The van der Waals surface area contributed by atoms with Crippen LogP contribution in [0.2, 0.25) is 0 Å². The van der Waals surface area contributed by atoms with Gasteiger partial charge in [-0.1, -0.05) is 15.9 Å². The predicted octanol–water partition coefficient (Wildman–Crippen LogP) is 0.361. The lowest BCUT2D eigenvalue weighted by Crippen LogP contribution is -2.31. The largest absolute Gasteiger partial charge is 0.481 e. The lowest BCUT2D eigenvalue weighted by atomic mass is 10.4. The van der Waals surface area contributed by atoms with E-state index >= 15 is 0 Å². The maximum absolute atomic E-state index is 10.8. The molecule has 0 heterocycles. The van der Waals surface area contributed by atoms with Crippen LogP contribution in [0.5, 0.6) is 0 Å². The summed E-state index contributed by atoms with van der Waals surface area (Å²) < 4.78 is 0. The molecule has 0 rings (SSSR count). The average molecular weight is 224 g/mol. The van der Waals surface area contributed by atoms with Crippen LogP contribution in [0.1, 0.15) is 13.3 Å². The highest BCUT2D eigenvalue weighted by atomic mass is 79.9. The molecule has 0 spiro atoms. The van der Waals surface area contributed by atoms with E-state index in [0.717, 1.165) is 0 Å². The molecule has 4 nitrogen and oxygen atoms in total. The second-order valence-electron chi connectivity index (χ2n) is 2.05. The zero-order valence-electron chi connectivity index (χ0n) is 6.13. The molecule has 1 unspecified atom stereocenters. The minimum absolute atomic E-state index is 0.0363. The third-order valence-corrected chi connectivity index (χ3v) is 1.42. The van der Waals surface area contributed by atoms with Crippen molar-refractivity contribution in [3.63, 3.8) is 0 Å². The number of nitrogens with one attached hydrogen (secondary N) is 1. The first kappa shape index (κ1) is 10.4. The Morgan fingerprint density at radius 3 is 2.55 bits per heavy atom. The second-order valence-corrected chi connectivity index (χ2v) is 3.42. The number of rotatable bonds is 4. The van der Waals surface area contributed by atoms with E-state index in [1.54, 1.807) is 6.92 Å². The highest BCUT2D eigenvalue weighted by Gasteiger charge is 2.07. The summed E-state index contributed by atoms with van der Waals surface area (Å²) in [6.07, 6.45) is -0.0363. The fourth-order valence-electron chi connectivity index (χ4n) is 0.433. The summed E-state index contributed by atoms with van der Waals surface area (Å²) in [5.74, 6) is -1.10. The fourth-order valence-corrected chi connectivity index (χ4v) is 0.595. The van der Waals surface area contributed by atoms with Gasteiger partial charge in [0.15, 0.2) is 0 Å². The Labute approximate surface area is 73.1 Å². The molecule has 0 saturated heterocycles. The Balaban J connectivity index is 3.39. The first-order valence-electron chi connectivity index (χ1n) is 3.17. The summed E-state index contributed by atoms with van der Waals surface area (Å²) in [4.78, 5) is 20.5. The molecule has 0 bridgehead atoms. The zero-order valence-corrected chi connectivity index (χ0v) is 7.72. The first-order valence-corrected chi connectivity index (χ1v) is 4.09. The third-order valence-electron chi connectivity index (χ3n) is 0.999. The number of hydrogen-bond donors (Lipinski definition) is 2. The van der Waals surface area contributed by atoms with Crippen LogP contribution in [0, 0.1) is 0 Å². The second kappa shape index (κ2) is 5.12. The maximum atomic E-state index is 10.8. The van der Waals surface area contributed by atoms with Crippen molar-refractivity contribution in [2.45, 2.75) is 18.2 Å². The minimum Gasteiger partial charge on any atom is -0.481 e. The molecular weight excluding hydrogens is 214 g/mol. The van der Waals surface area contributed by atoms with Crippen LogP contribution in [0.3, 0.4) is 0 Å². The number of carboxylic acids is 1. The molecule has 64 valence electrons. The van der Waals surface area contributed by atoms with Crippen LogP contribution >= 0.6 is 15.9 Å². The van der Waals surface area contributed by atoms with Crippen LogP contribution < -0.4 is 5.32 Å². The summed E-state index contributed by atoms with van der Waals surface area (Å²) in [7, 11) is 0. The van der Waals surface area contributed by atoms with Crippen LogP contribution in [-0.2, 0) is 9.59 Å². The van der Waals surface area contributed by atoms with E-state index in [9.17, 15) is 9.59 Å². The highest BCUT2D eigenvalue weighted by molar-refractivity contribution is 9.10. The summed E-state index contributed by atoms with van der Waals surface area (Å²) in [6, 6.07) is 0. The SMILES string of the molecule is CC(Br)C(=O)NCCC(=O)O. The molecule has 1 atom stereocenters. The first-order chi connectivity index (χ1) is 5.04. The highest BCUT2D eigenvalue weighted by Crippen LogP contribution is 1.95. The molecule has 0 aromatic carbocycles. The van der Waals surface area contributed by atoms with Gasteiger partial charge in [0.05, 0.1) is 11.2 Å². The van der Waals surface area contributed by atoms with E-state index in [1.807, 2.05) is 0 Å². The molecule has 11 heavy (non-hydrogen) atoms. The van der Waals surface area contributed by atoms with E-state index in [0.29, 0.717) is 0 Å². The van der Waals surface area contributed by atoms with Gasteiger partial charge >= 0.3 is 5.97 Å². The number of aliphatic carboxylic acids is 1. The smallest absolute Gasteiger partial charge is 0.305 e. The van der Waals surface area contributed by atoms with Gasteiger partial charge < -0.3 is 10.4 Å². The number of carboxylic acid groups (broad SMARTS) is 1. The van der Waals surface area contributed by atoms with Crippen molar-refractivity contribution < 1.29 is 14.7 Å². The van der Waals surface area contributed by atoms with Crippen molar-refractivity contribution in [3.8, 4) is 0 Å². The van der Waals surface area contributed by atoms with Crippen molar-refractivity contribution in [1.82, 2.24) is 5.32 Å². The van der Waals surface area contributed by atoms with E-state index in [1.165, 1.54) is 0 Å². The van der Waals surface area contributed by atoms with Crippen molar-refractivity contribution >= 4 is 27.8 Å². The topological polar surface area (TPSA) is 66.4 Å². The monoisotopic (exact) mass is 223 g/mol. The molecule has 0 aliphatic carbocycles. The normalized spacial score (nSPS) is 12.2. The molecule has 0 aromatic heterocycles. The molecule has 0 saturated carbocycles. The fraction of sp³-hybridized carbons (Fsp3) is 0.667. The molecule has 5 heteroatoms. The minimum atomic E-state index is -0.910. The summed E-state index contributed by atoms with van der Waals surface area (Å²) >= 11 is 3.05. The molecule has 0 aromatic rings. The lowest BCUT2D eigenvalue weighted by Gasteiger charge is -2.03. The van der Waals surface area contributed by atoms with Crippen LogP contribution in [-0.4, -0.2) is 28.4 Å². The Kier molecular flexibility index (Phi) is 4.85. The summed E-state index contributed by atoms with van der Waals surface area (Å²) in [6.45, 7) is 1.86. The quantitative estimate of drug-likeness (QED) is 0.677. The number of alkyl halides is 1. The van der Waals surface area contributed by atoms with Gasteiger partial charge in [0.1, 0.15) is 0 Å². The Bertz CT molecular complexity index is 158. The van der Waals surface area contributed by atoms with Gasteiger partial charge in [-0.15, -0.1) is 0 Å². The van der Waals surface area contributed by atoms with Gasteiger partial charge in [-0.05, 0) is 6.92 Å². The Hall–Kier alpha value is -0.580. The standard InChI is InChI=1S/C6H10BrNO3/c1-4(7)6(11)8-3-2-5(9)10/h4H,2-3H2,1H3,(H,8,11)(H,9,10). The number of hydrogen-bond acceptors (Lipinski definition) is 2. The number of amides is 1. The average Bonchev–Trinajstić information content (AvgIpc) is 1.86. The predicted molar refractivity (Wildman–Crippen MR) is 43.7 cm³/mol. The third kappa shape index (κ3) is 5.84. The van der Waals surface area contributed by atoms with Gasteiger partial charge in [-0.2, -0.15) is 0 Å². The molecule has 0 radical (unpaired) electrons. The van der Waals surface area contributed by atoms with Gasteiger partial charge in [-0.3, -0.25) is 9.59 Å². The van der Waals surface area contributed by atoms with Crippen LogP contribution in [0.4, 0.5) is 0 Å². The van der Waals surface area contributed by atoms with E-state index < -0.39 is 5.97 Å². The molecule has 1 amide bonds. The summed E-state index contributed by atoms with van der Waals surface area (Å²) in [5, 5.41) is 10.6. The van der Waals surface area contributed by atoms with E-state index in [-0.39, 0.29) is 23.7 Å². The number of carbonyl (C=O) groups is 2. The molecule has 0 aliphatic heterocycles. The van der Waals surface area contributed by atoms with Crippen molar-refractivity contribution in [1.29, 1.82) is 0 Å². The number of halogens is 1. The van der Waals surface area contributed by atoms with Gasteiger partial charge in [0.25, 0.3) is 0 Å². The number of carbonyl (C=O) groups excluding carboxylic acids is 1. The van der Waals surface area contributed by atoms with E-state index in [2.05, 4.69) is 21.2 Å². The Morgan fingerprint density at radius 1 is 1.64 bits per heavy atom. The maximum Gasteiger partial charge on any atom is 0.305 e. The van der Waals surface area contributed by atoms with Crippen molar-refractivity contribution in [2.75, 3.05) is 6.54 Å². The van der Waals surface area contributed by atoms with Gasteiger partial charge in [0, 0.05) is 6.54 Å². The van der Waals surface area contributed by atoms with Crippen molar-refractivity contribution in [2.24, 2.45) is 0 Å². The van der Waals surface area contributed by atoms with Gasteiger partial charge in [0.2, 0.25) is 5.91 Å². The zero-order chi connectivity index (χ0) is 8.85. The molecule has 0 fully saturated rings. The van der Waals surface area contributed by atoms with Gasteiger partial charge in [-0.25, -0.2) is 0 Å². The van der Waals surface area contributed by atoms with Crippen LogP contribution in [0.25, 0.3) is 0 Å². The Morgan fingerprint density at radius 2 is 2.18 bits per heavy atom. The summed E-state index contributed by atoms with van der Waals surface area (Å²) in [5.41, 5.74) is 0. The van der Waals surface area contributed by atoms with E-state index in [4.69, 9.17) is 5.11 Å². The van der Waals surface area contributed by atoms with Crippen molar-refractivity contribution in [3.05, 3.63) is 0 Å². The molecule has 0 aliphatic rings. The lowest BCUT2D eigenvalue weighted by molar-refractivity contribution is -0.136.